The normalized spacial score (nSPS) is 14.4. The largest absolute Gasteiger partial charge is 0.444 e. The molecule has 1 aliphatic rings. The van der Waals surface area contributed by atoms with Gasteiger partial charge in [-0.1, -0.05) is 0 Å². The van der Waals surface area contributed by atoms with Gasteiger partial charge in [-0.2, -0.15) is 0 Å². The minimum Gasteiger partial charge on any atom is -0.444 e. The zero-order valence-electron chi connectivity index (χ0n) is 16.8. The molecule has 0 spiro atoms. The van der Waals surface area contributed by atoms with Crippen LogP contribution in [-0.2, 0) is 14.8 Å². The lowest BCUT2D eigenvalue weighted by Crippen LogP contribution is -2.39. The van der Waals surface area contributed by atoms with E-state index in [1.807, 2.05) is 20.8 Å². The zero-order valence-corrected chi connectivity index (χ0v) is 17.6. The van der Waals surface area contributed by atoms with E-state index in [0.29, 0.717) is 18.5 Å². The molecule has 1 aliphatic carbocycles. The fraction of sp³-hybridized carbons (Fsp3) is 0.579. The average molecular weight is 412 g/mol. The van der Waals surface area contributed by atoms with Crippen LogP contribution in [0.4, 0.5) is 4.79 Å². The van der Waals surface area contributed by atoms with Crippen LogP contribution < -0.4 is 10.0 Å². The van der Waals surface area contributed by atoms with Crippen LogP contribution in [0.2, 0.25) is 0 Å². The predicted molar refractivity (Wildman–Crippen MR) is 106 cm³/mol. The van der Waals surface area contributed by atoms with Gasteiger partial charge in [0.25, 0.3) is 5.91 Å². The molecule has 9 heteroatoms. The molecule has 0 aromatic heterocycles. The second kappa shape index (κ2) is 8.91. The van der Waals surface area contributed by atoms with Gasteiger partial charge in [-0.3, -0.25) is 4.79 Å². The Balaban J connectivity index is 1.87. The molecule has 156 valence electrons. The van der Waals surface area contributed by atoms with E-state index in [9.17, 15) is 18.0 Å². The molecule has 2 amide bonds. The van der Waals surface area contributed by atoms with Crippen LogP contribution in [0.25, 0.3) is 0 Å². The predicted octanol–water partition coefficient (Wildman–Crippen LogP) is 2.11. The summed E-state index contributed by atoms with van der Waals surface area (Å²) in [7, 11) is -2.17. The summed E-state index contributed by atoms with van der Waals surface area (Å²) in [6.07, 6.45) is 2.01. The van der Waals surface area contributed by atoms with Crippen LogP contribution in [-0.4, -0.2) is 57.1 Å². The molecule has 28 heavy (non-hydrogen) atoms. The van der Waals surface area contributed by atoms with Crippen molar-refractivity contribution < 1.29 is 22.7 Å². The maximum absolute atomic E-state index is 12.4. The SMILES string of the molecule is CNC(=O)c1ccc(S(=O)(=O)NCCCN(C(=O)OC(C)(C)C)C2CC2)cc1. The maximum atomic E-state index is 12.4. The van der Waals surface area contributed by atoms with Crippen LogP contribution in [0, 0.1) is 0 Å². The first-order valence-electron chi connectivity index (χ1n) is 9.35. The quantitative estimate of drug-likeness (QED) is 0.638. The molecule has 0 heterocycles. The number of hydrogen-bond acceptors (Lipinski definition) is 5. The topological polar surface area (TPSA) is 105 Å². The summed E-state index contributed by atoms with van der Waals surface area (Å²) in [5.41, 5.74) is -0.175. The molecule has 1 fully saturated rings. The third-order valence-corrected chi connectivity index (χ3v) is 5.61. The van der Waals surface area contributed by atoms with Crippen molar-refractivity contribution in [2.24, 2.45) is 0 Å². The van der Waals surface area contributed by atoms with E-state index in [0.717, 1.165) is 12.8 Å². The molecule has 0 radical (unpaired) electrons. The molecule has 0 aliphatic heterocycles. The number of benzene rings is 1. The first kappa shape index (κ1) is 22.2. The van der Waals surface area contributed by atoms with Gasteiger partial charge in [0.15, 0.2) is 0 Å². The van der Waals surface area contributed by atoms with Crippen molar-refractivity contribution in [3.8, 4) is 0 Å². The van der Waals surface area contributed by atoms with Gasteiger partial charge in [0.05, 0.1) is 4.90 Å². The smallest absolute Gasteiger partial charge is 0.410 e. The monoisotopic (exact) mass is 411 g/mol. The highest BCUT2D eigenvalue weighted by Gasteiger charge is 2.34. The van der Waals surface area contributed by atoms with Crippen LogP contribution in [0.15, 0.2) is 29.2 Å². The summed E-state index contributed by atoms with van der Waals surface area (Å²) in [5, 5.41) is 2.48. The first-order chi connectivity index (χ1) is 13.0. The van der Waals surface area contributed by atoms with Crippen LogP contribution in [0.3, 0.4) is 0 Å². The first-order valence-corrected chi connectivity index (χ1v) is 10.8. The molecule has 1 saturated carbocycles. The maximum Gasteiger partial charge on any atom is 0.410 e. The zero-order chi connectivity index (χ0) is 20.9. The number of ether oxygens (including phenoxy) is 1. The van der Waals surface area contributed by atoms with E-state index in [-0.39, 0.29) is 29.5 Å². The molecule has 1 aromatic carbocycles. The summed E-state index contributed by atoms with van der Waals surface area (Å²) in [4.78, 5) is 25.6. The molecule has 8 nitrogen and oxygen atoms in total. The Morgan fingerprint density at radius 1 is 1.18 bits per heavy atom. The van der Waals surface area contributed by atoms with E-state index in [1.165, 1.54) is 31.3 Å². The Bertz CT molecular complexity index is 796. The number of carbonyl (C=O) groups is 2. The average Bonchev–Trinajstić information content (AvgIpc) is 3.44. The molecule has 2 N–H and O–H groups in total. The van der Waals surface area contributed by atoms with Crippen LogP contribution in [0.1, 0.15) is 50.4 Å². The number of carbonyl (C=O) groups excluding carboxylic acids is 2. The summed E-state index contributed by atoms with van der Waals surface area (Å²) in [5.74, 6) is -0.279. The van der Waals surface area contributed by atoms with Gasteiger partial charge in [-0.05, 0) is 64.3 Å². The Kier molecular flexibility index (Phi) is 7.06. The van der Waals surface area contributed by atoms with Crippen LogP contribution >= 0.6 is 0 Å². The van der Waals surface area contributed by atoms with Crippen molar-refractivity contribution in [3.05, 3.63) is 29.8 Å². The lowest BCUT2D eigenvalue weighted by molar-refractivity contribution is 0.0232. The highest BCUT2D eigenvalue weighted by atomic mass is 32.2. The molecule has 1 aromatic rings. The second-order valence-corrected chi connectivity index (χ2v) is 9.53. The van der Waals surface area contributed by atoms with Gasteiger partial charge >= 0.3 is 6.09 Å². The van der Waals surface area contributed by atoms with Gasteiger partial charge in [-0.25, -0.2) is 17.9 Å². The molecule has 2 rings (SSSR count). The van der Waals surface area contributed by atoms with Crippen molar-refractivity contribution in [1.29, 1.82) is 0 Å². The molecular formula is C19H29N3O5S. The number of hydrogen-bond donors (Lipinski definition) is 2. The molecular weight excluding hydrogens is 382 g/mol. The minimum atomic E-state index is -3.68. The molecule has 0 unspecified atom stereocenters. The Hall–Kier alpha value is -2.13. The van der Waals surface area contributed by atoms with Crippen molar-refractivity contribution >= 4 is 22.0 Å². The Labute approximate surface area is 166 Å². The third-order valence-electron chi connectivity index (χ3n) is 4.14. The lowest BCUT2D eigenvalue weighted by Gasteiger charge is -2.27. The van der Waals surface area contributed by atoms with Gasteiger partial charge < -0.3 is 15.0 Å². The highest BCUT2D eigenvalue weighted by Crippen LogP contribution is 2.28. The summed E-state index contributed by atoms with van der Waals surface area (Å²) in [6, 6.07) is 5.90. The van der Waals surface area contributed by atoms with Gasteiger partial charge in [-0.15, -0.1) is 0 Å². The lowest BCUT2D eigenvalue weighted by atomic mass is 10.2. The van der Waals surface area contributed by atoms with Gasteiger partial charge in [0, 0.05) is 31.7 Å². The highest BCUT2D eigenvalue weighted by molar-refractivity contribution is 7.89. The van der Waals surface area contributed by atoms with Gasteiger partial charge in [0.2, 0.25) is 10.0 Å². The van der Waals surface area contributed by atoms with E-state index in [1.54, 1.807) is 4.90 Å². The van der Waals surface area contributed by atoms with E-state index in [4.69, 9.17) is 4.74 Å². The number of amides is 2. The molecule has 0 atom stereocenters. The van der Waals surface area contributed by atoms with E-state index in [2.05, 4.69) is 10.0 Å². The summed E-state index contributed by atoms with van der Waals surface area (Å²) in [6.45, 7) is 6.09. The fourth-order valence-electron chi connectivity index (χ4n) is 2.60. The summed E-state index contributed by atoms with van der Waals surface area (Å²) >= 11 is 0. The van der Waals surface area contributed by atoms with Gasteiger partial charge in [0.1, 0.15) is 5.60 Å². The fourth-order valence-corrected chi connectivity index (χ4v) is 3.67. The van der Waals surface area contributed by atoms with E-state index < -0.39 is 15.6 Å². The number of rotatable bonds is 8. The Morgan fingerprint density at radius 3 is 2.29 bits per heavy atom. The number of nitrogens with zero attached hydrogens (tertiary/aromatic N) is 1. The molecule has 0 bridgehead atoms. The van der Waals surface area contributed by atoms with Crippen LogP contribution in [0.5, 0.6) is 0 Å². The van der Waals surface area contributed by atoms with Crippen molar-refractivity contribution in [2.75, 3.05) is 20.1 Å². The van der Waals surface area contributed by atoms with Crippen molar-refractivity contribution in [3.63, 3.8) is 0 Å². The second-order valence-electron chi connectivity index (χ2n) is 7.76. The number of sulfonamides is 1. The Morgan fingerprint density at radius 2 is 1.79 bits per heavy atom. The third kappa shape index (κ3) is 6.49. The standard InChI is InChI=1S/C19H29N3O5S/c1-19(2,3)27-18(24)22(15-8-9-15)13-5-12-21-28(25,26)16-10-6-14(7-11-16)17(23)20-4/h6-7,10-11,15,21H,5,8-9,12-13H2,1-4H3,(H,20,23). The molecule has 0 saturated heterocycles. The van der Waals surface area contributed by atoms with Crippen molar-refractivity contribution in [2.45, 2.75) is 56.6 Å². The van der Waals surface area contributed by atoms with E-state index >= 15 is 0 Å². The van der Waals surface area contributed by atoms with Crippen molar-refractivity contribution in [1.82, 2.24) is 14.9 Å². The number of nitrogens with one attached hydrogen (secondary N) is 2. The summed E-state index contributed by atoms with van der Waals surface area (Å²) < 4.78 is 32.7. The minimum absolute atomic E-state index is 0.0892.